The fourth-order valence-corrected chi connectivity index (χ4v) is 2.31. The number of esters is 1. The zero-order chi connectivity index (χ0) is 15.9. The van der Waals surface area contributed by atoms with Crippen LogP contribution in [-0.4, -0.2) is 31.6 Å². The highest BCUT2D eigenvalue weighted by molar-refractivity contribution is 5.88. The van der Waals surface area contributed by atoms with Gasteiger partial charge in [-0.25, -0.2) is 4.79 Å². The van der Waals surface area contributed by atoms with E-state index in [0.29, 0.717) is 12.2 Å². The lowest BCUT2D eigenvalue weighted by molar-refractivity contribution is -0.150. The van der Waals surface area contributed by atoms with Gasteiger partial charge in [0, 0.05) is 5.56 Å². The molecule has 0 aliphatic carbocycles. The second-order valence-corrected chi connectivity index (χ2v) is 5.11. The van der Waals surface area contributed by atoms with Gasteiger partial charge in [-0.05, 0) is 19.4 Å². The summed E-state index contributed by atoms with van der Waals surface area (Å²) in [5.41, 5.74) is -0.219. The molecule has 0 spiro atoms. The molecule has 0 aliphatic rings. The van der Waals surface area contributed by atoms with Crippen molar-refractivity contribution in [2.75, 3.05) is 14.2 Å². The molecule has 1 N–H and O–H groups in total. The lowest BCUT2D eigenvalue weighted by Gasteiger charge is -2.27. The molecule has 1 aromatic carbocycles. The van der Waals surface area contributed by atoms with Crippen molar-refractivity contribution in [1.82, 2.24) is 5.32 Å². The molecule has 0 unspecified atom stereocenters. The Morgan fingerprint density at radius 2 is 1.90 bits per heavy atom. The number of methoxy groups -OCH3 is 2. The van der Waals surface area contributed by atoms with E-state index in [1.807, 2.05) is 25.1 Å². The van der Waals surface area contributed by atoms with Gasteiger partial charge < -0.3 is 14.8 Å². The van der Waals surface area contributed by atoms with Gasteiger partial charge in [-0.15, -0.1) is 0 Å². The molecule has 0 fully saturated rings. The first-order valence-corrected chi connectivity index (χ1v) is 6.98. The normalized spacial score (nSPS) is 13.1. The number of rotatable bonds is 7. The summed E-state index contributed by atoms with van der Waals surface area (Å²) in [5, 5.41) is 2.78. The zero-order valence-electron chi connectivity index (χ0n) is 13.1. The van der Waals surface area contributed by atoms with Gasteiger partial charge in [-0.1, -0.05) is 31.5 Å². The number of ether oxygens (including phenoxy) is 2. The van der Waals surface area contributed by atoms with Gasteiger partial charge in [-0.2, -0.15) is 0 Å². The molecular weight excluding hydrogens is 270 g/mol. The molecule has 5 nitrogen and oxygen atoms in total. The third kappa shape index (κ3) is 4.48. The molecular formula is C16H23NO4. The summed E-state index contributed by atoms with van der Waals surface area (Å²) in [6.45, 7) is 3.63. The Morgan fingerprint density at radius 3 is 2.48 bits per heavy atom. The minimum absolute atomic E-state index is 0.153. The standard InChI is InChI=1S/C16H23NO4/c1-5-10-16(2,15(19)21-4)17-14(18)11-12-8-6-7-9-13(12)20-3/h6-9H,5,10-11H2,1-4H3,(H,17,18)/t16-/m0/s1. The number of para-hydroxylation sites is 1. The van der Waals surface area contributed by atoms with Gasteiger partial charge in [0.1, 0.15) is 11.3 Å². The van der Waals surface area contributed by atoms with Crippen molar-refractivity contribution in [1.29, 1.82) is 0 Å². The zero-order valence-corrected chi connectivity index (χ0v) is 13.1. The highest BCUT2D eigenvalue weighted by Crippen LogP contribution is 2.19. The number of nitrogens with one attached hydrogen (secondary N) is 1. The Hall–Kier alpha value is -2.04. The molecule has 0 bridgehead atoms. The first kappa shape index (κ1) is 17.0. The summed E-state index contributed by atoms with van der Waals surface area (Å²) in [4.78, 5) is 24.1. The van der Waals surface area contributed by atoms with E-state index in [1.54, 1.807) is 20.1 Å². The van der Waals surface area contributed by atoms with Crippen molar-refractivity contribution in [2.45, 2.75) is 38.6 Å². The predicted octanol–water partition coefficient (Wildman–Crippen LogP) is 2.09. The molecule has 5 heteroatoms. The molecule has 1 atom stereocenters. The van der Waals surface area contributed by atoms with Gasteiger partial charge in [0.2, 0.25) is 5.91 Å². The molecule has 1 amide bonds. The van der Waals surface area contributed by atoms with E-state index in [-0.39, 0.29) is 12.3 Å². The van der Waals surface area contributed by atoms with Crippen LogP contribution in [0.3, 0.4) is 0 Å². The summed E-state index contributed by atoms with van der Waals surface area (Å²) >= 11 is 0. The molecule has 0 radical (unpaired) electrons. The third-order valence-corrected chi connectivity index (χ3v) is 3.34. The quantitative estimate of drug-likeness (QED) is 0.782. The Balaban J connectivity index is 2.81. The second-order valence-electron chi connectivity index (χ2n) is 5.11. The summed E-state index contributed by atoms with van der Waals surface area (Å²) in [6.07, 6.45) is 1.44. The van der Waals surface area contributed by atoms with Gasteiger partial charge in [-0.3, -0.25) is 4.79 Å². The van der Waals surface area contributed by atoms with Crippen molar-refractivity contribution in [2.24, 2.45) is 0 Å². The van der Waals surface area contributed by atoms with Gasteiger partial charge >= 0.3 is 5.97 Å². The smallest absolute Gasteiger partial charge is 0.331 e. The Kier molecular flexibility index (Phi) is 6.21. The van der Waals surface area contributed by atoms with Crippen molar-refractivity contribution in [3.63, 3.8) is 0 Å². The molecule has 0 heterocycles. The lowest BCUT2D eigenvalue weighted by Crippen LogP contribution is -2.53. The number of amides is 1. The molecule has 0 aromatic heterocycles. The van der Waals surface area contributed by atoms with E-state index in [2.05, 4.69) is 5.32 Å². The van der Waals surface area contributed by atoms with Crippen molar-refractivity contribution in [3.8, 4) is 5.75 Å². The molecule has 0 saturated carbocycles. The molecule has 0 saturated heterocycles. The van der Waals surface area contributed by atoms with E-state index < -0.39 is 11.5 Å². The van der Waals surface area contributed by atoms with Crippen molar-refractivity contribution < 1.29 is 19.1 Å². The van der Waals surface area contributed by atoms with Gasteiger partial charge in [0.25, 0.3) is 0 Å². The average Bonchev–Trinajstić information content (AvgIpc) is 2.46. The first-order chi connectivity index (χ1) is 9.96. The number of hydrogen-bond donors (Lipinski definition) is 1. The van der Waals surface area contributed by atoms with Gasteiger partial charge in [0.15, 0.2) is 0 Å². The molecule has 116 valence electrons. The number of carbonyl (C=O) groups excluding carboxylic acids is 2. The number of carbonyl (C=O) groups is 2. The maximum absolute atomic E-state index is 12.2. The summed E-state index contributed by atoms with van der Waals surface area (Å²) in [5.74, 6) is -0.0125. The van der Waals surface area contributed by atoms with Crippen molar-refractivity contribution >= 4 is 11.9 Å². The SMILES string of the molecule is CCC[C@](C)(NC(=O)Cc1ccccc1OC)C(=O)OC. The van der Waals surface area contributed by atoms with Crippen LogP contribution in [0.15, 0.2) is 24.3 Å². The second kappa shape index (κ2) is 7.67. The van der Waals surface area contributed by atoms with Crippen LogP contribution in [0.4, 0.5) is 0 Å². The van der Waals surface area contributed by atoms with E-state index >= 15 is 0 Å². The Bertz CT molecular complexity index is 501. The maximum atomic E-state index is 12.2. The fourth-order valence-electron chi connectivity index (χ4n) is 2.31. The lowest BCUT2D eigenvalue weighted by atomic mass is 9.95. The molecule has 1 aromatic rings. The third-order valence-electron chi connectivity index (χ3n) is 3.34. The minimum Gasteiger partial charge on any atom is -0.496 e. The van der Waals surface area contributed by atoms with Crippen LogP contribution in [-0.2, 0) is 20.7 Å². The summed E-state index contributed by atoms with van der Waals surface area (Å²) < 4.78 is 10.0. The fraction of sp³-hybridized carbons (Fsp3) is 0.500. The summed E-state index contributed by atoms with van der Waals surface area (Å²) in [6, 6.07) is 7.31. The Morgan fingerprint density at radius 1 is 1.24 bits per heavy atom. The van der Waals surface area contributed by atoms with Crippen LogP contribution in [0.1, 0.15) is 32.3 Å². The highest BCUT2D eigenvalue weighted by Gasteiger charge is 2.35. The van der Waals surface area contributed by atoms with Crippen LogP contribution >= 0.6 is 0 Å². The largest absolute Gasteiger partial charge is 0.496 e. The first-order valence-electron chi connectivity index (χ1n) is 6.98. The molecule has 21 heavy (non-hydrogen) atoms. The van der Waals surface area contributed by atoms with Gasteiger partial charge in [0.05, 0.1) is 20.6 Å². The van der Waals surface area contributed by atoms with Crippen LogP contribution in [0.5, 0.6) is 5.75 Å². The topological polar surface area (TPSA) is 64.6 Å². The number of benzene rings is 1. The van der Waals surface area contributed by atoms with E-state index in [4.69, 9.17) is 9.47 Å². The maximum Gasteiger partial charge on any atom is 0.331 e. The van der Waals surface area contributed by atoms with E-state index in [9.17, 15) is 9.59 Å². The predicted molar refractivity (Wildman–Crippen MR) is 80.2 cm³/mol. The van der Waals surface area contributed by atoms with E-state index in [0.717, 1.165) is 12.0 Å². The van der Waals surface area contributed by atoms with Crippen molar-refractivity contribution in [3.05, 3.63) is 29.8 Å². The van der Waals surface area contributed by atoms with Crippen LogP contribution in [0.2, 0.25) is 0 Å². The van der Waals surface area contributed by atoms with Crippen LogP contribution in [0.25, 0.3) is 0 Å². The molecule has 0 aliphatic heterocycles. The average molecular weight is 293 g/mol. The monoisotopic (exact) mass is 293 g/mol. The van der Waals surface area contributed by atoms with E-state index in [1.165, 1.54) is 7.11 Å². The number of hydrogen-bond acceptors (Lipinski definition) is 4. The summed E-state index contributed by atoms with van der Waals surface area (Å²) in [7, 11) is 2.88. The minimum atomic E-state index is -0.997. The molecule has 1 rings (SSSR count). The highest BCUT2D eigenvalue weighted by atomic mass is 16.5. The van der Waals surface area contributed by atoms with Crippen LogP contribution < -0.4 is 10.1 Å². The Labute approximate surface area is 125 Å². The van der Waals surface area contributed by atoms with Crippen LogP contribution in [0, 0.1) is 0 Å².